The number of carbonyl (C=O) groups is 1. The monoisotopic (exact) mass is 325 g/mol. The average Bonchev–Trinajstić information content (AvgIpc) is 3.25. The summed E-state index contributed by atoms with van der Waals surface area (Å²) in [6.45, 7) is 5.92. The summed E-state index contributed by atoms with van der Waals surface area (Å²) in [6.07, 6.45) is 6.24. The highest BCUT2D eigenvalue weighted by atomic mass is 16.5. The van der Waals surface area contributed by atoms with Gasteiger partial charge in [-0.2, -0.15) is 5.10 Å². The topological polar surface area (TPSA) is 85.8 Å². The van der Waals surface area contributed by atoms with Crippen molar-refractivity contribution in [1.82, 2.24) is 19.9 Å². The molecule has 0 saturated heterocycles. The molecule has 24 heavy (non-hydrogen) atoms. The summed E-state index contributed by atoms with van der Waals surface area (Å²) in [6, 6.07) is 0.243. The van der Waals surface area contributed by atoms with Gasteiger partial charge in [-0.3, -0.25) is 9.48 Å². The lowest BCUT2D eigenvalue weighted by Gasteiger charge is -2.09. The zero-order valence-corrected chi connectivity index (χ0v) is 14.0. The molecule has 1 N–H and O–H groups in total. The number of amides is 1. The fourth-order valence-corrected chi connectivity index (χ4v) is 3.24. The number of nitrogens with one attached hydrogen (secondary N) is 1. The van der Waals surface area contributed by atoms with Crippen molar-refractivity contribution in [2.24, 2.45) is 0 Å². The average molecular weight is 325 g/mol. The first kappa shape index (κ1) is 14.9. The van der Waals surface area contributed by atoms with Crippen LogP contribution in [-0.2, 0) is 12.8 Å². The third-order valence-electron chi connectivity index (χ3n) is 4.44. The van der Waals surface area contributed by atoms with Crippen LogP contribution in [0.25, 0.3) is 11.1 Å². The molecule has 0 aliphatic heterocycles. The normalized spacial score (nSPS) is 13.7. The van der Waals surface area contributed by atoms with Crippen LogP contribution in [0.4, 0.5) is 5.69 Å². The van der Waals surface area contributed by atoms with E-state index in [1.807, 2.05) is 31.6 Å². The minimum atomic E-state index is -0.157. The molecular formula is C17H19N5O2. The number of hydrogen-bond donors (Lipinski definition) is 1. The second-order valence-corrected chi connectivity index (χ2v) is 6.47. The van der Waals surface area contributed by atoms with E-state index in [9.17, 15) is 4.79 Å². The van der Waals surface area contributed by atoms with Gasteiger partial charge in [0.2, 0.25) is 0 Å². The Kier molecular flexibility index (Phi) is 3.37. The van der Waals surface area contributed by atoms with E-state index in [-0.39, 0.29) is 11.9 Å². The van der Waals surface area contributed by atoms with Crippen molar-refractivity contribution in [3.8, 4) is 0 Å². The van der Waals surface area contributed by atoms with E-state index in [2.05, 4.69) is 20.6 Å². The molecule has 0 spiro atoms. The quantitative estimate of drug-likeness (QED) is 0.800. The molecule has 3 heterocycles. The molecule has 0 aromatic carbocycles. The smallest absolute Gasteiger partial charge is 0.259 e. The Labute approximate surface area is 139 Å². The number of fused-ring (bicyclic) bond motifs is 2. The lowest BCUT2D eigenvalue weighted by molar-refractivity contribution is 0.102. The van der Waals surface area contributed by atoms with Gasteiger partial charge in [0.15, 0.2) is 0 Å². The SMILES string of the molecule is Cc1noc2nc3c(c(C(=O)Nc4cnn(C(C)C)c4)c12)CCC3. The van der Waals surface area contributed by atoms with Crippen LogP contribution in [0.1, 0.15) is 53.6 Å². The fraction of sp³-hybridized carbons (Fsp3) is 0.412. The Morgan fingerprint density at radius 2 is 2.21 bits per heavy atom. The summed E-state index contributed by atoms with van der Waals surface area (Å²) >= 11 is 0. The van der Waals surface area contributed by atoms with Crippen molar-refractivity contribution in [3.05, 3.63) is 34.9 Å². The standard InChI is InChI=1S/C17H19N5O2/c1-9(2)22-8-11(7-18-22)19-16(23)15-12-5-4-6-13(12)20-17-14(15)10(3)21-24-17/h7-9H,4-6H2,1-3H3,(H,19,23). The molecule has 1 aliphatic rings. The van der Waals surface area contributed by atoms with Gasteiger partial charge in [0, 0.05) is 17.9 Å². The summed E-state index contributed by atoms with van der Waals surface area (Å²) in [5.41, 5.74) is 4.42. The Bertz CT molecular complexity index is 938. The number of rotatable bonds is 3. The van der Waals surface area contributed by atoms with Gasteiger partial charge in [0.1, 0.15) is 0 Å². The van der Waals surface area contributed by atoms with E-state index in [4.69, 9.17) is 4.52 Å². The summed E-state index contributed by atoms with van der Waals surface area (Å²) in [7, 11) is 0. The van der Waals surface area contributed by atoms with E-state index in [1.54, 1.807) is 6.20 Å². The number of carbonyl (C=O) groups excluding carboxylic acids is 1. The molecule has 3 aromatic rings. The largest absolute Gasteiger partial charge is 0.336 e. The second kappa shape index (κ2) is 5.43. The molecule has 1 aliphatic carbocycles. The highest BCUT2D eigenvalue weighted by Crippen LogP contribution is 2.32. The summed E-state index contributed by atoms with van der Waals surface area (Å²) < 4.78 is 7.11. The highest BCUT2D eigenvalue weighted by molar-refractivity contribution is 6.13. The van der Waals surface area contributed by atoms with E-state index < -0.39 is 0 Å². The van der Waals surface area contributed by atoms with Crippen LogP contribution in [-0.4, -0.2) is 25.8 Å². The summed E-state index contributed by atoms with van der Waals surface area (Å²) in [5, 5.41) is 11.9. The molecule has 4 rings (SSSR count). The molecule has 0 atom stereocenters. The molecule has 1 amide bonds. The number of nitrogens with zero attached hydrogens (tertiary/aromatic N) is 4. The Morgan fingerprint density at radius 3 is 2.96 bits per heavy atom. The van der Waals surface area contributed by atoms with Crippen LogP contribution in [0.3, 0.4) is 0 Å². The molecule has 0 unspecified atom stereocenters. The van der Waals surface area contributed by atoms with Crippen LogP contribution in [0.5, 0.6) is 0 Å². The van der Waals surface area contributed by atoms with Crippen LogP contribution < -0.4 is 5.32 Å². The zero-order valence-electron chi connectivity index (χ0n) is 14.0. The van der Waals surface area contributed by atoms with E-state index in [0.717, 1.165) is 30.5 Å². The lowest BCUT2D eigenvalue weighted by Crippen LogP contribution is -2.15. The van der Waals surface area contributed by atoms with Gasteiger partial charge in [0.05, 0.1) is 28.5 Å². The molecule has 0 saturated carbocycles. The zero-order chi connectivity index (χ0) is 16.8. The molecule has 124 valence electrons. The first-order chi connectivity index (χ1) is 11.5. The van der Waals surface area contributed by atoms with Crippen molar-refractivity contribution in [2.45, 2.75) is 46.1 Å². The molecule has 0 bridgehead atoms. The van der Waals surface area contributed by atoms with Gasteiger partial charge < -0.3 is 9.84 Å². The third-order valence-corrected chi connectivity index (χ3v) is 4.44. The predicted molar refractivity (Wildman–Crippen MR) is 89.1 cm³/mol. The van der Waals surface area contributed by atoms with E-state index in [0.29, 0.717) is 28.0 Å². The van der Waals surface area contributed by atoms with Crippen molar-refractivity contribution >= 4 is 22.7 Å². The minimum absolute atomic E-state index is 0.157. The molecule has 0 radical (unpaired) electrons. The van der Waals surface area contributed by atoms with Gasteiger partial charge >= 0.3 is 0 Å². The first-order valence-electron chi connectivity index (χ1n) is 8.18. The lowest BCUT2D eigenvalue weighted by atomic mass is 10.0. The molecule has 7 heteroatoms. The molecule has 3 aromatic heterocycles. The Balaban J connectivity index is 1.77. The minimum Gasteiger partial charge on any atom is -0.336 e. The van der Waals surface area contributed by atoms with Gasteiger partial charge in [-0.25, -0.2) is 4.98 Å². The predicted octanol–water partition coefficient (Wildman–Crippen LogP) is 3.05. The first-order valence-corrected chi connectivity index (χ1v) is 8.18. The van der Waals surface area contributed by atoms with Crippen LogP contribution >= 0.6 is 0 Å². The summed E-state index contributed by atoms with van der Waals surface area (Å²) in [5.74, 6) is -0.157. The van der Waals surface area contributed by atoms with Crippen molar-refractivity contribution in [2.75, 3.05) is 5.32 Å². The van der Waals surface area contributed by atoms with Gasteiger partial charge in [0.25, 0.3) is 11.6 Å². The van der Waals surface area contributed by atoms with Crippen LogP contribution in [0, 0.1) is 6.92 Å². The van der Waals surface area contributed by atoms with Gasteiger partial charge in [-0.05, 0) is 45.6 Å². The fourth-order valence-electron chi connectivity index (χ4n) is 3.24. The Hall–Kier alpha value is -2.70. The van der Waals surface area contributed by atoms with Crippen molar-refractivity contribution < 1.29 is 9.32 Å². The van der Waals surface area contributed by atoms with Crippen LogP contribution in [0.15, 0.2) is 16.9 Å². The van der Waals surface area contributed by atoms with E-state index in [1.165, 1.54) is 0 Å². The number of hydrogen-bond acceptors (Lipinski definition) is 5. The van der Waals surface area contributed by atoms with Gasteiger partial charge in [-0.15, -0.1) is 0 Å². The maximum atomic E-state index is 13.0. The molecule has 0 fully saturated rings. The van der Waals surface area contributed by atoms with Crippen LogP contribution in [0.2, 0.25) is 0 Å². The third kappa shape index (κ3) is 2.28. The van der Waals surface area contributed by atoms with Crippen molar-refractivity contribution in [1.29, 1.82) is 0 Å². The maximum absolute atomic E-state index is 13.0. The maximum Gasteiger partial charge on any atom is 0.259 e. The van der Waals surface area contributed by atoms with Crippen molar-refractivity contribution in [3.63, 3.8) is 0 Å². The molecule has 7 nitrogen and oxygen atoms in total. The summed E-state index contributed by atoms with van der Waals surface area (Å²) in [4.78, 5) is 17.5. The van der Waals surface area contributed by atoms with E-state index >= 15 is 0 Å². The molecular weight excluding hydrogens is 306 g/mol. The number of aromatic nitrogens is 4. The van der Waals surface area contributed by atoms with Gasteiger partial charge in [-0.1, -0.05) is 5.16 Å². The number of pyridine rings is 1. The number of aryl methyl sites for hydroxylation is 2. The second-order valence-electron chi connectivity index (χ2n) is 6.47. The Morgan fingerprint density at radius 1 is 1.38 bits per heavy atom. The highest BCUT2D eigenvalue weighted by Gasteiger charge is 2.27. The number of anilines is 1.